The monoisotopic (exact) mass is 806 g/mol. The molecule has 0 bridgehead atoms. The van der Waals surface area contributed by atoms with E-state index in [2.05, 4.69) is 24.9 Å². The Balaban J connectivity index is 0.726. The second-order valence-electron chi connectivity index (χ2n) is 16.6. The number of hydrogen-bond acceptors (Lipinski definition) is 9. The van der Waals surface area contributed by atoms with E-state index >= 15 is 4.39 Å². The molecule has 6 aliphatic heterocycles. The molecule has 3 aromatic carbocycles. The third-order valence-electron chi connectivity index (χ3n) is 13.1. The first-order valence-electron chi connectivity index (χ1n) is 20.1. The van der Waals surface area contributed by atoms with Crippen LogP contribution in [-0.2, 0) is 9.59 Å². The first-order chi connectivity index (χ1) is 28.0. The van der Waals surface area contributed by atoms with Crippen LogP contribution in [0.2, 0.25) is 5.02 Å². The minimum absolute atomic E-state index is 0.0196. The minimum atomic E-state index is -1.09. The van der Waals surface area contributed by atoms with Crippen LogP contribution < -0.4 is 20.0 Å². The van der Waals surface area contributed by atoms with Gasteiger partial charge in [-0.3, -0.25) is 39.1 Å². The second-order valence-corrected chi connectivity index (χ2v) is 17.0. The summed E-state index contributed by atoms with van der Waals surface area (Å²) in [4.78, 5) is 79.2. The number of carbonyl (C=O) groups excluding carboxylic acids is 5. The number of rotatable bonds is 7. The third-order valence-corrected chi connectivity index (χ3v) is 13.4. The van der Waals surface area contributed by atoms with Gasteiger partial charge in [0, 0.05) is 106 Å². The molecule has 1 N–H and O–H groups in total. The van der Waals surface area contributed by atoms with Gasteiger partial charge in [-0.15, -0.1) is 0 Å². The lowest BCUT2D eigenvalue weighted by Gasteiger charge is -2.45. The molecular formula is C43H44ClFN8O5. The fraction of sp³-hybridized carbons (Fsp3) is 0.442. The first-order valence-corrected chi connectivity index (χ1v) is 20.5. The maximum absolute atomic E-state index is 15.3. The average Bonchev–Trinajstić information content (AvgIpc) is 3.73. The van der Waals surface area contributed by atoms with Crippen molar-refractivity contribution < 1.29 is 28.4 Å². The van der Waals surface area contributed by atoms with Crippen LogP contribution in [0.15, 0.2) is 54.6 Å². The van der Waals surface area contributed by atoms with Crippen LogP contribution in [0.3, 0.4) is 0 Å². The number of halogens is 2. The molecular weight excluding hydrogens is 763 g/mol. The van der Waals surface area contributed by atoms with E-state index < -0.39 is 35.5 Å². The molecule has 5 amide bonds. The van der Waals surface area contributed by atoms with Gasteiger partial charge in [0.05, 0.1) is 23.4 Å². The number of piperazine rings is 1. The number of piperidine rings is 2. The molecule has 1 atom stereocenters. The second kappa shape index (κ2) is 15.0. The average molecular weight is 807 g/mol. The Hall–Kier alpha value is -5.52. The number of nitrogens with zero attached hydrogens (tertiary/aromatic N) is 7. The van der Waals surface area contributed by atoms with E-state index in [9.17, 15) is 24.0 Å². The lowest BCUT2D eigenvalue weighted by Crippen LogP contribution is -2.55. The summed E-state index contributed by atoms with van der Waals surface area (Å²) in [5.41, 5.74) is 3.79. The third kappa shape index (κ3) is 6.94. The molecule has 5 saturated heterocycles. The van der Waals surface area contributed by atoms with Gasteiger partial charge in [-0.1, -0.05) is 17.7 Å². The smallest absolute Gasteiger partial charge is 0.262 e. The maximum atomic E-state index is 15.3. The molecule has 1 spiro atoms. The van der Waals surface area contributed by atoms with Crippen molar-refractivity contribution in [3.8, 4) is 0 Å². The zero-order chi connectivity index (χ0) is 40.3. The molecule has 0 aliphatic carbocycles. The Morgan fingerprint density at radius 3 is 2.17 bits per heavy atom. The Kier molecular flexibility index (Phi) is 9.84. The van der Waals surface area contributed by atoms with Crippen molar-refractivity contribution in [3.05, 3.63) is 93.5 Å². The van der Waals surface area contributed by atoms with Crippen LogP contribution in [0, 0.1) is 23.7 Å². The lowest BCUT2D eigenvalue weighted by atomic mass is 9.77. The van der Waals surface area contributed by atoms with Crippen molar-refractivity contribution in [2.75, 3.05) is 86.7 Å². The van der Waals surface area contributed by atoms with Crippen LogP contribution in [0.5, 0.6) is 0 Å². The fourth-order valence-electron chi connectivity index (χ4n) is 9.69. The highest BCUT2D eigenvalue weighted by Crippen LogP contribution is 2.43. The van der Waals surface area contributed by atoms with Gasteiger partial charge in [0.2, 0.25) is 17.5 Å². The van der Waals surface area contributed by atoms with Gasteiger partial charge in [0.1, 0.15) is 11.9 Å². The highest BCUT2D eigenvalue weighted by Gasteiger charge is 2.46. The van der Waals surface area contributed by atoms with Crippen molar-refractivity contribution in [1.82, 2.24) is 20.0 Å². The summed E-state index contributed by atoms with van der Waals surface area (Å²) in [6.45, 7) is 16.2. The van der Waals surface area contributed by atoms with Crippen molar-refractivity contribution in [3.63, 3.8) is 0 Å². The topological polar surface area (TPSA) is 121 Å². The van der Waals surface area contributed by atoms with Crippen LogP contribution in [-0.4, -0.2) is 122 Å². The normalized spacial score (nSPS) is 22.4. The summed E-state index contributed by atoms with van der Waals surface area (Å²) in [6, 6.07) is 15.1. The molecule has 0 aromatic heterocycles. The number of carbonyl (C=O) groups is 5. The first kappa shape index (κ1) is 38.0. The van der Waals surface area contributed by atoms with Gasteiger partial charge >= 0.3 is 0 Å². The van der Waals surface area contributed by atoms with Crippen LogP contribution in [0.25, 0.3) is 4.85 Å². The summed E-state index contributed by atoms with van der Waals surface area (Å²) < 4.78 is 15.3. The molecule has 6 aliphatic rings. The predicted octanol–water partition coefficient (Wildman–Crippen LogP) is 4.82. The number of nitrogens with one attached hydrogen (secondary N) is 1. The summed E-state index contributed by atoms with van der Waals surface area (Å²) >= 11 is 6.32. The largest absolute Gasteiger partial charge is 0.371 e. The lowest BCUT2D eigenvalue weighted by molar-refractivity contribution is -0.136. The van der Waals surface area contributed by atoms with E-state index in [0.29, 0.717) is 35.3 Å². The van der Waals surface area contributed by atoms with Crippen molar-refractivity contribution >= 4 is 63.9 Å². The van der Waals surface area contributed by atoms with E-state index in [1.54, 1.807) is 6.07 Å². The van der Waals surface area contributed by atoms with Gasteiger partial charge in [0.15, 0.2) is 0 Å². The molecule has 58 heavy (non-hydrogen) atoms. The van der Waals surface area contributed by atoms with Gasteiger partial charge in [0.25, 0.3) is 17.7 Å². The van der Waals surface area contributed by atoms with E-state index in [4.69, 9.17) is 18.2 Å². The Morgan fingerprint density at radius 1 is 0.828 bits per heavy atom. The molecule has 1 unspecified atom stereocenters. The fourth-order valence-corrected chi connectivity index (χ4v) is 9.90. The molecule has 3 aromatic rings. The van der Waals surface area contributed by atoms with Gasteiger partial charge in [-0.05, 0) is 79.6 Å². The Labute approximate surface area is 341 Å². The van der Waals surface area contributed by atoms with E-state index in [1.165, 1.54) is 6.07 Å². The standard InChI is InChI=1S/C43H44ClFN8O5/c1-46-35-7-6-30(20-33(35)44)51-15-12-43(26-51)10-13-50(14-11-43)40(56)28-2-4-29(5-3-28)49-18-16-48(17-19-49)23-27-24-52(25-27)37-22-32-31(21-34(37)45)41(57)53(42(32)58)36-8-9-38(54)47-39(36)55/h2-7,20-22,27,36H,8-19,23-26H2,(H,47,54,55). The van der Waals surface area contributed by atoms with E-state index in [-0.39, 0.29) is 41.0 Å². The Morgan fingerprint density at radius 2 is 1.50 bits per heavy atom. The van der Waals surface area contributed by atoms with Gasteiger partial charge in [-0.25, -0.2) is 9.24 Å². The van der Waals surface area contributed by atoms with Gasteiger partial charge in [-0.2, -0.15) is 0 Å². The highest BCUT2D eigenvalue weighted by atomic mass is 35.5. The molecule has 13 nitrogen and oxygen atoms in total. The number of amides is 5. The number of imide groups is 2. The number of likely N-dealkylation sites (tertiary alicyclic amines) is 1. The summed E-state index contributed by atoms with van der Waals surface area (Å²) in [5, 5.41) is 2.66. The van der Waals surface area contributed by atoms with Crippen LogP contribution >= 0.6 is 11.6 Å². The van der Waals surface area contributed by atoms with Crippen LogP contribution in [0.1, 0.15) is 63.2 Å². The molecule has 300 valence electrons. The molecule has 6 heterocycles. The molecule has 0 saturated carbocycles. The van der Waals surface area contributed by atoms with E-state index in [0.717, 1.165) is 101 Å². The zero-order valence-electron chi connectivity index (χ0n) is 32.1. The molecule has 9 rings (SSSR count). The quantitative estimate of drug-likeness (QED) is 0.265. The minimum Gasteiger partial charge on any atom is -0.371 e. The highest BCUT2D eigenvalue weighted by molar-refractivity contribution is 6.33. The zero-order valence-corrected chi connectivity index (χ0v) is 32.8. The summed E-state index contributed by atoms with van der Waals surface area (Å²) in [7, 11) is 0. The molecule has 15 heteroatoms. The molecule has 5 fully saturated rings. The van der Waals surface area contributed by atoms with Crippen molar-refractivity contribution in [2.45, 2.75) is 38.1 Å². The number of fused-ring (bicyclic) bond motifs is 1. The SMILES string of the molecule is [C-]#[N+]c1ccc(N2CCC3(CCN(C(=O)c4ccc(N5CCN(CC6CN(c7cc8c(cc7F)C(=O)N(C7CCC(=O)NC7=O)C8=O)C6)CC5)cc4)CC3)C2)cc1Cl. The molecule has 0 radical (unpaired) electrons. The van der Waals surface area contributed by atoms with E-state index in [1.807, 2.05) is 46.2 Å². The number of hydrogen-bond donors (Lipinski definition) is 1. The number of anilines is 3. The Bertz CT molecular complexity index is 2240. The summed E-state index contributed by atoms with van der Waals surface area (Å²) in [6.07, 6.45) is 3.07. The summed E-state index contributed by atoms with van der Waals surface area (Å²) in [5.74, 6) is -2.70. The van der Waals surface area contributed by atoms with Crippen LogP contribution in [0.4, 0.5) is 27.1 Å². The predicted molar refractivity (Wildman–Crippen MR) is 216 cm³/mol. The van der Waals surface area contributed by atoms with Crippen molar-refractivity contribution in [2.24, 2.45) is 11.3 Å². The maximum Gasteiger partial charge on any atom is 0.262 e. The van der Waals surface area contributed by atoms with Crippen molar-refractivity contribution in [1.29, 1.82) is 0 Å². The number of benzene rings is 3. The van der Waals surface area contributed by atoms with Gasteiger partial charge < -0.3 is 19.6 Å².